The molecule has 0 spiro atoms. The van der Waals surface area contributed by atoms with Gasteiger partial charge in [-0.3, -0.25) is 4.79 Å². The molecule has 3 aliphatic heterocycles. The van der Waals surface area contributed by atoms with E-state index in [9.17, 15) is 14.4 Å². The van der Waals surface area contributed by atoms with Gasteiger partial charge in [-0.05, 0) is 37.8 Å². The lowest BCUT2D eigenvalue weighted by Crippen LogP contribution is -2.42. The van der Waals surface area contributed by atoms with Crippen molar-refractivity contribution in [1.82, 2.24) is 24.9 Å². The maximum atomic E-state index is 13.7. The average molecular weight is 440 g/mol. The number of hydrogen-bond donors (Lipinski definition) is 3. The van der Waals surface area contributed by atoms with Crippen molar-refractivity contribution in [2.75, 3.05) is 31.5 Å². The molecule has 3 saturated heterocycles. The number of nitrogens with two attached hydrogens (primary N) is 1. The fraction of sp³-hybridized carbons (Fsp3) is 0.545. The van der Waals surface area contributed by atoms with Gasteiger partial charge in [0.15, 0.2) is 5.69 Å². The maximum absolute atomic E-state index is 13.7. The Morgan fingerprint density at radius 1 is 1.00 bits per heavy atom. The lowest BCUT2D eigenvalue weighted by molar-refractivity contribution is 0.0680. The zero-order chi connectivity index (χ0) is 22.2. The van der Waals surface area contributed by atoms with Crippen molar-refractivity contribution in [3.63, 3.8) is 0 Å². The highest BCUT2D eigenvalue weighted by atomic mass is 16.2. The van der Waals surface area contributed by atoms with Gasteiger partial charge in [-0.15, -0.1) is 0 Å². The minimum atomic E-state index is -0.774. The average Bonchev–Trinajstić information content (AvgIpc) is 3.32. The van der Waals surface area contributed by atoms with E-state index >= 15 is 0 Å². The van der Waals surface area contributed by atoms with Crippen molar-refractivity contribution in [1.29, 1.82) is 0 Å². The fourth-order valence-corrected chi connectivity index (χ4v) is 5.29. The Kier molecular flexibility index (Phi) is 5.46. The topological polar surface area (TPSA) is 126 Å². The molecule has 4 fully saturated rings. The third-order valence-corrected chi connectivity index (χ3v) is 6.97. The normalized spacial score (nSPS) is 23.3. The SMILES string of the molecule is NC(=O)n1nc(C(=O)N2CCN3CCC2CC3)c2c(NC(=O)NC3CCCC3)cccc21. The third kappa shape index (κ3) is 3.79. The summed E-state index contributed by atoms with van der Waals surface area (Å²) >= 11 is 0. The summed E-state index contributed by atoms with van der Waals surface area (Å²) in [6.07, 6.45) is 6.00. The quantitative estimate of drug-likeness (QED) is 0.674. The van der Waals surface area contributed by atoms with Crippen LogP contribution in [0.5, 0.6) is 0 Å². The van der Waals surface area contributed by atoms with Crippen molar-refractivity contribution in [2.24, 2.45) is 5.73 Å². The van der Waals surface area contributed by atoms with E-state index in [2.05, 4.69) is 20.6 Å². The molecule has 170 valence electrons. The molecule has 4 N–H and O–H groups in total. The van der Waals surface area contributed by atoms with Gasteiger partial charge in [0.25, 0.3) is 5.91 Å². The first-order valence-electron chi connectivity index (χ1n) is 11.4. The van der Waals surface area contributed by atoms with Crippen molar-refractivity contribution < 1.29 is 14.4 Å². The van der Waals surface area contributed by atoms with E-state index in [0.717, 1.165) is 62.8 Å². The van der Waals surface area contributed by atoms with Crippen LogP contribution in [0.3, 0.4) is 0 Å². The molecule has 4 heterocycles. The Labute approximate surface area is 186 Å². The number of urea groups is 1. The number of aromatic nitrogens is 2. The minimum absolute atomic E-state index is 0.149. The number of primary amides is 1. The maximum Gasteiger partial charge on any atom is 0.340 e. The van der Waals surface area contributed by atoms with Crippen LogP contribution in [-0.4, -0.2) is 75.8 Å². The molecule has 4 amide bonds. The number of benzene rings is 1. The predicted molar refractivity (Wildman–Crippen MR) is 120 cm³/mol. The van der Waals surface area contributed by atoms with Gasteiger partial charge in [-0.1, -0.05) is 18.9 Å². The Morgan fingerprint density at radius 2 is 1.75 bits per heavy atom. The third-order valence-electron chi connectivity index (χ3n) is 6.97. The second-order valence-electron chi connectivity index (χ2n) is 8.95. The second kappa shape index (κ2) is 8.42. The van der Waals surface area contributed by atoms with Crippen molar-refractivity contribution in [2.45, 2.75) is 50.6 Å². The number of fused-ring (bicyclic) bond motifs is 5. The number of rotatable bonds is 3. The van der Waals surface area contributed by atoms with Crippen LogP contribution in [0, 0.1) is 0 Å². The molecule has 10 heteroatoms. The van der Waals surface area contributed by atoms with Crippen LogP contribution in [0.25, 0.3) is 10.9 Å². The van der Waals surface area contributed by atoms with Gasteiger partial charge < -0.3 is 26.2 Å². The number of nitrogens with zero attached hydrogens (tertiary/aromatic N) is 4. The molecule has 1 aliphatic carbocycles. The number of carbonyl (C=O) groups excluding carboxylic acids is 3. The predicted octanol–water partition coefficient (Wildman–Crippen LogP) is 1.95. The molecule has 0 atom stereocenters. The summed E-state index contributed by atoms with van der Waals surface area (Å²) in [5.41, 5.74) is 6.54. The molecule has 6 rings (SSSR count). The molecule has 10 nitrogen and oxygen atoms in total. The zero-order valence-electron chi connectivity index (χ0n) is 18.0. The Balaban J connectivity index is 1.50. The first-order valence-corrected chi connectivity index (χ1v) is 11.4. The molecule has 0 unspecified atom stereocenters. The largest absolute Gasteiger partial charge is 0.350 e. The van der Waals surface area contributed by atoms with Gasteiger partial charge >= 0.3 is 12.1 Å². The summed E-state index contributed by atoms with van der Waals surface area (Å²) in [7, 11) is 0. The van der Waals surface area contributed by atoms with Crippen molar-refractivity contribution in [3.8, 4) is 0 Å². The molecule has 4 aliphatic rings. The monoisotopic (exact) mass is 439 g/mol. The number of anilines is 1. The fourth-order valence-electron chi connectivity index (χ4n) is 5.29. The second-order valence-corrected chi connectivity index (χ2v) is 8.95. The van der Waals surface area contributed by atoms with E-state index in [1.807, 2.05) is 4.90 Å². The lowest BCUT2D eigenvalue weighted by Gasteiger charge is -2.31. The van der Waals surface area contributed by atoms with E-state index in [1.165, 1.54) is 0 Å². The standard InChI is InChI=1S/C22H29N7O3/c23-21(31)29-17-7-3-6-16(25-22(32)24-14-4-1-2-5-14)18(17)19(26-29)20(30)28-13-12-27-10-8-15(28)9-11-27/h3,6-7,14-15H,1-2,4-5,8-13H2,(H2,23,31)(H2,24,25,32). The molecule has 1 saturated carbocycles. The smallest absolute Gasteiger partial charge is 0.340 e. The molecule has 0 radical (unpaired) electrons. The Bertz CT molecular complexity index is 1050. The molecule has 32 heavy (non-hydrogen) atoms. The lowest BCUT2D eigenvalue weighted by atomic mass is 10.0. The van der Waals surface area contributed by atoms with Crippen LogP contribution in [0.15, 0.2) is 18.2 Å². The van der Waals surface area contributed by atoms with Gasteiger partial charge in [-0.2, -0.15) is 9.78 Å². The highest BCUT2D eigenvalue weighted by molar-refractivity contribution is 6.13. The minimum Gasteiger partial charge on any atom is -0.350 e. The summed E-state index contributed by atoms with van der Waals surface area (Å²) in [4.78, 5) is 42.6. The Morgan fingerprint density at radius 3 is 2.47 bits per heavy atom. The first kappa shape index (κ1) is 20.7. The summed E-state index contributed by atoms with van der Waals surface area (Å²) in [5.74, 6) is -0.228. The van der Waals surface area contributed by atoms with E-state index in [1.54, 1.807) is 18.2 Å². The summed E-state index contributed by atoms with van der Waals surface area (Å²) in [6, 6.07) is 4.33. The van der Waals surface area contributed by atoms with E-state index in [-0.39, 0.29) is 29.7 Å². The van der Waals surface area contributed by atoms with E-state index in [4.69, 9.17) is 5.73 Å². The number of amides is 4. The molecule has 2 aromatic rings. The van der Waals surface area contributed by atoms with Crippen LogP contribution in [0.2, 0.25) is 0 Å². The van der Waals surface area contributed by atoms with Crippen LogP contribution in [-0.2, 0) is 0 Å². The molecule has 1 aromatic heterocycles. The van der Waals surface area contributed by atoms with Crippen LogP contribution >= 0.6 is 0 Å². The number of nitrogens with one attached hydrogen (secondary N) is 2. The first-order chi connectivity index (χ1) is 15.5. The van der Waals surface area contributed by atoms with Crippen molar-refractivity contribution >= 4 is 34.6 Å². The van der Waals surface area contributed by atoms with Gasteiger partial charge in [-0.25, -0.2) is 9.59 Å². The van der Waals surface area contributed by atoms with Gasteiger partial charge in [0, 0.05) is 38.3 Å². The van der Waals surface area contributed by atoms with E-state index < -0.39 is 6.03 Å². The van der Waals surface area contributed by atoms with Gasteiger partial charge in [0.1, 0.15) is 0 Å². The van der Waals surface area contributed by atoms with E-state index in [0.29, 0.717) is 23.1 Å². The van der Waals surface area contributed by atoms with Crippen LogP contribution in [0.4, 0.5) is 15.3 Å². The summed E-state index contributed by atoms with van der Waals surface area (Å²) in [5, 5.41) is 10.6. The number of piperidine rings is 1. The molecular formula is C22H29N7O3. The van der Waals surface area contributed by atoms with Gasteiger partial charge in [0.2, 0.25) is 0 Å². The van der Waals surface area contributed by atoms with Crippen molar-refractivity contribution in [3.05, 3.63) is 23.9 Å². The molecular weight excluding hydrogens is 410 g/mol. The van der Waals surface area contributed by atoms with Crippen LogP contribution in [0.1, 0.15) is 49.0 Å². The Hall–Kier alpha value is -3.14. The zero-order valence-corrected chi connectivity index (χ0v) is 18.0. The van der Waals surface area contributed by atoms with Crippen LogP contribution < -0.4 is 16.4 Å². The summed E-state index contributed by atoms with van der Waals surface area (Å²) < 4.78 is 1.04. The summed E-state index contributed by atoms with van der Waals surface area (Å²) in [6.45, 7) is 3.41. The van der Waals surface area contributed by atoms with Gasteiger partial charge in [0.05, 0.1) is 16.6 Å². The molecule has 2 bridgehead atoms. The molecule has 1 aromatic carbocycles. The highest BCUT2D eigenvalue weighted by Crippen LogP contribution is 2.30. The number of hydrogen-bond acceptors (Lipinski definition) is 5. The number of carbonyl (C=O) groups is 3. The highest BCUT2D eigenvalue weighted by Gasteiger charge is 2.35.